The molecule has 0 aromatic heterocycles. The molecule has 0 aliphatic rings. The van der Waals surface area contributed by atoms with Crippen molar-refractivity contribution in [2.24, 2.45) is 0 Å². The predicted molar refractivity (Wildman–Crippen MR) is 177 cm³/mol. The molecule has 4 heteroatoms. The fourth-order valence-corrected chi connectivity index (χ4v) is 6.60. The molecule has 0 heterocycles. The summed E-state index contributed by atoms with van der Waals surface area (Å²) < 4.78 is 0. The first-order valence-electron chi connectivity index (χ1n) is 16.1. The maximum atomic E-state index is 2.53. The molecule has 37 heavy (non-hydrogen) atoms. The van der Waals surface area contributed by atoms with Crippen LogP contribution in [0, 0.1) is 0 Å². The highest BCUT2D eigenvalue weighted by Crippen LogP contribution is 2.21. The van der Waals surface area contributed by atoms with Gasteiger partial charge in [-0.25, -0.2) is 0 Å². The average Bonchev–Trinajstić information content (AvgIpc) is 2.89. The fourth-order valence-electron chi connectivity index (χ4n) is 4.44. The third-order valence-electron chi connectivity index (χ3n) is 7.08. The lowest BCUT2D eigenvalue weighted by molar-refractivity contribution is 0.343. The van der Waals surface area contributed by atoms with Crippen LogP contribution in [0.25, 0.3) is 0 Å². The Hall–Kier alpha value is 0.1000. The van der Waals surface area contributed by atoms with Crippen LogP contribution in [0.4, 0.5) is 0 Å². The lowest BCUT2D eigenvalue weighted by Crippen LogP contribution is -2.23. The van der Waals surface area contributed by atoms with Crippen LogP contribution in [0.1, 0.15) is 136 Å². The topological polar surface area (TPSA) is 6.48 Å². The zero-order valence-electron chi connectivity index (χ0n) is 25.7. The first-order chi connectivity index (χ1) is 18.2. The van der Waals surface area contributed by atoms with Gasteiger partial charge >= 0.3 is 0 Å². The fraction of sp³-hybridized carbons (Fsp3) is 0.879. The van der Waals surface area contributed by atoms with Gasteiger partial charge in [0, 0.05) is 24.6 Å². The quantitative estimate of drug-likeness (QED) is 0.0494. The zero-order valence-corrected chi connectivity index (χ0v) is 27.3. The minimum atomic E-state index is 1.12. The molecule has 220 valence electrons. The highest BCUT2D eigenvalue weighted by Gasteiger charge is 2.01. The van der Waals surface area contributed by atoms with E-state index in [1.807, 2.05) is 0 Å². The zero-order chi connectivity index (χ0) is 27.1. The molecule has 2 nitrogen and oxygen atoms in total. The van der Waals surface area contributed by atoms with Crippen molar-refractivity contribution in [3.63, 3.8) is 0 Å². The molecule has 0 saturated carbocycles. The van der Waals surface area contributed by atoms with E-state index in [0.29, 0.717) is 0 Å². The lowest BCUT2D eigenvalue weighted by Gasteiger charge is -2.17. The van der Waals surface area contributed by atoms with Crippen LogP contribution in [-0.2, 0) is 0 Å². The van der Waals surface area contributed by atoms with Crippen LogP contribution in [0.2, 0.25) is 0 Å². The predicted octanol–water partition coefficient (Wildman–Crippen LogP) is 10.8. The molecule has 0 aromatic carbocycles. The molecule has 0 bridgehead atoms. The van der Waals surface area contributed by atoms with Crippen LogP contribution in [0.5, 0.6) is 0 Å². The van der Waals surface area contributed by atoms with E-state index in [9.17, 15) is 0 Å². The number of rotatable bonds is 30. The molecule has 0 aliphatic carbocycles. The Kier molecular flexibility index (Phi) is 32.4. The Bertz CT molecular complexity index is 481. The number of hydrogen-bond acceptors (Lipinski definition) is 4. The molecule has 0 amide bonds. The normalized spacial score (nSPS) is 12.3. The van der Waals surface area contributed by atoms with Crippen molar-refractivity contribution in [2.75, 3.05) is 51.8 Å². The number of nitrogens with zero attached hydrogens (tertiary/aromatic N) is 2. The van der Waals surface area contributed by atoms with Gasteiger partial charge in [-0.3, -0.25) is 0 Å². The molecule has 0 atom stereocenters. The van der Waals surface area contributed by atoms with Crippen molar-refractivity contribution >= 4 is 21.6 Å². The van der Waals surface area contributed by atoms with E-state index >= 15 is 0 Å². The van der Waals surface area contributed by atoms with Crippen LogP contribution >= 0.6 is 21.6 Å². The van der Waals surface area contributed by atoms with E-state index < -0.39 is 0 Å². The number of allylic oxidation sites excluding steroid dienone is 4. The maximum Gasteiger partial charge on any atom is 0.0165 e. The summed E-state index contributed by atoms with van der Waals surface area (Å²) in [5, 5.41) is 0. The second-order valence-electron chi connectivity index (χ2n) is 11.0. The second kappa shape index (κ2) is 32.3. The molecule has 0 saturated heterocycles. The van der Waals surface area contributed by atoms with Crippen molar-refractivity contribution in [1.82, 2.24) is 9.80 Å². The Balaban J connectivity index is 3.31. The first-order valence-corrected chi connectivity index (χ1v) is 18.6. The van der Waals surface area contributed by atoms with Crippen molar-refractivity contribution in [3.8, 4) is 0 Å². The Labute approximate surface area is 242 Å². The summed E-state index contributed by atoms with van der Waals surface area (Å²) in [7, 11) is 8.73. The summed E-state index contributed by atoms with van der Waals surface area (Å²) in [6, 6.07) is 0. The van der Waals surface area contributed by atoms with Gasteiger partial charge in [0.1, 0.15) is 0 Å². The smallest absolute Gasteiger partial charge is 0.0165 e. The van der Waals surface area contributed by atoms with Gasteiger partial charge in [-0.05, 0) is 72.1 Å². The van der Waals surface area contributed by atoms with Crippen molar-refractivity contribution in [3.05, 3.63) is 24.3 Å². The summed E-state index contributed by atoms with van der Waals surface area (Å²) >= 11 is 0. The molecule has 0 spiro atoms. The molecule has 0 radical (unpaired) electrons. The van der Waals surface area contributed by atoms with E-state index in [2.05, 4.69) is 83.6 Å². The number of unbranched alkanes of at least 4 members (excludes halogenated alkanes) is 15. The minimum Gasteiger partial charge on any atom is -0.306 e. The van der Waals surface area contributed by atoms with Gasteiger partial charge in [-0.15, -0.1) is 0 Å². The van der Waals surface area contributed by atoms with Gasteiger partial charge in [0.25, 0.3) is 0 Å². The minimum absolute atomic E-state index is 1.12. The molecule has 0 unspecified atom stereocenters. The summed E-state index contributed by atoms with van der Waals surface area (Å²) in [5.74, 6) is 2.51. The van der Waals surface area contributed by atoms with Gasteiger partial charge in [0.2, 0.25) is 0 Å². The molecule has 0 N–H and O–H groups in total. The SMILES string of the molecule is CCCCC/C=C\C/C=C\CCCCCCCCN(C)CCSSCCN(C)CCCCCCCCC. The van der Waals surface area contributed by atoms with Crippen LogP contribution in [-0.4, -0.2) is 61.6 Å². The highest BCUT2D eigenvalue weighted by atomic mass is 33.1. The van der Waals surface area contributed by atoms with Gasteiger partial charge in [-0.2, -0.15) is 0 Å². The van der Waals surface area contributed by atoms with E-state index in [-0.39, 0.29) is 0 Å². The Morgan fingerprint density at radius 1 is 0.432 bits per heavy atom. The molecule has 0 fully saturated rings. The molecular formula is C33H66N2S2. The molecule has 0 aliphatic heterocycles. The van der Waals surface area contributed by atoms with Gasteiger partial charge in [0.15, 0.2) is 0 Å². The van der Waals surface area contributed by atoms with Crippen LogP contribution in [0.3, 0.4) is 0 Å². The van der Waals surface area contributed by atoms with Crippen molar-refractivity contribution in [1.29, 1.82) is 0 Å². The summed E-state index contributed by atoms with van der Waals surface area (Å²) in [6.45, 7) is 9.56. The number of hydrogen-bond donors (Lipinski definition) is 0. The van der Waals surface area contributed by atoms with E-state index in [0.717, 1.165) is 6.42 Å². The van der Waals surface area contributed by atoms with Gasteiger partial charge < -0.3 is 9.80 Å². The maximum absolute atomic E-state index is 2.53. The summed E-state index contributed by atoms with van der Waals surface area (Å²) in [4.78, 5) is 5.06. The van der Waals surface area contributed by atoms with E-state index in [1.165, 1.54) is 153 Å². The Morgan fingerprint density at radius 2 is 0.811 bits per heavy atom. The Morgan fingerprint density at radius 3 is 1.30 bits per heavy atom. The van der Waals surface area contributed by atoms with Crippen molar-refractivity contribution in [2.45, 2.75) is 136 Å². The summed E-state index contributed by atoms with van der Waals surface area (Å²) in [6.07, 6.45) is 35.3. The largest absolute Gasteiger partial charge is 0.306 e. The third-order valence-corrected chi connectivity index (χ3v) is 9.45. The van der Waals surface area contributed by atoms with Gasteiger partial charge in [0.05, 0.1) is 0 Å². The summed E-state index contributed by atoms with van der Waals surface area (Å²) in [5.41, 5.74) is 0. The standard InChI is InChI=1S/C33H66N2S2/c1-5-7-9-11-13-14-15-16-17-18-19-20-21-23-25-27-29-35(4)31-33-37-36-32-30-34(3)28-26-24-22-12-10-8-6-2/h13-14,16-17H,5-12,15,18-33H2,1-4H3/b14-13-,17-16-. The highest BCUT2D eigenvalue weighted by molar-refractivity contribution is 8.76. The van der Waals surface area contributed by atoms with Crippen LogP contribution < -0.4 is 0 Å². The van der Waals surface area contributed by atoms with Crippen LogP contribution in [0.15, 0.2) is 24.3 Å². The van der Waals surface area contributed by atoms with Gasteiger partial charge in [-0.1, -0.05) is 137 Å². The monoisotopic (exact) mass is 554 g/mol. The first kappa shape index (κ1) is 37.1. The molecule has 0 rings (SSSR count). The molecule has 0 aromatic rings. The molecular weight excluding hydrogens is 489 g/mol. The third kappa shape index (κ3) is 32.2. The second-order valence-corrected chi connectivity index (χ2v) is 13.7. The average molecular weight is 555 g/mol. The van der Waals surface area contributed by atoms with Crippen molar-refractivity contribution < 1.29 is 0 Å². The lowest BCUT2D eigenvalue weighted by atomic mass is 10.1. The van der Waals surface area contributed by atoms with E-state index in [4.69, 9.17) is 0 Å². The van der Waals surface area contributed by atoms with E-state index in [1.54, 1.807) is 0 Å².